The number of nitriles is 1. The van der Waals surface area contributed by atoms with Crippen molar-refractivity contribution in [3.8, 4) is 51.4 Å². The summed E-state index contributed by atoms with van der Waals surface area (Å²) in [5.74, 6) is 3.58. The van der Waals surface area contributed by atoms with Crippen molar-refractivity contribution < 1.29 is 0 Å². The van der Waals surface area contributed by atoms with Gasteiger partial charge < -0.3 is 0 Å². The molecule has 4 fully saturated rings. The minimum atomic E-state index is 0.176. The molecule has 4 bridgehead atoms. The standard InChI is InChI=1S/C52H40N4/c53-32-34-15-17-37(18-16-34)38-19-23-42(24-20-38)51-28-35-27-36(29-51)31-52(30-35,33-51)43-25-21-41(22-26-43)48-54-49(46-13-5-9-39-7-1-3-11-44(39)46)56-50(55-48)47-14-6-10-40-8-2-4-12-45(40)47/h1-26,35-36H,27-31,33H2. The van der Waals surface area contributed by atoms with Crippen LogP contribution in [0.4, 0.5) is 0 Å². The number of aromatic nitrogens is 3. The molecule has 4 saturated carbocycles. The minimum absolute atomic E-state index is 0.176. The lowest BCUT2D eigenvalue weighted by Gasteiger charge is -2.63. The van der Waals surface area contributed by atoms with Crippen LogP contribution in [0.2, 0.25) is 0 Å². The first kappa shape index (κ1) is 32.9. The average molecular weight is 721 g/mol. The maximum absolute atomic E-state index is 9.26. The van der Waals surface area contributed by atoms with Gasteiger partial charge in [0.2, 0.25) is 0 Å². The van der Waals surface area contributed by atoms with Crippen molar-refractivity contribution in [2.24, 2.45) is 11.8 Å². The largest absolute Gasteiger partial charge is 0.208 e. The third-order valence-electron chi connectivity index (χ3n) is 13.4. The van der Waals surface area contributed by atoms with Crippen LogP contribution in [-0.2, 0) is 10.8 Å². The highest BCUT2D eigenvalue weighted by molar-refractivity contribution is 5.97. The van der Waals surface area contributed by atoms with Gasteiger partial charge in [-0.1, -0.05) is 146 Å². The Morgan fingerprint density at radius 3 is 1.38 bits per heavy atom. The molecule has 0 spiro atoms. The van der Waals surface area contributed by atoms with Gasteiger partial charge in [-0.15, -0.1) is 0 Å². The molecule has 12 rings (SSSR count). The molecule has 4 heteroatoms. The number of fused-ring (bicyclic) bond motifs is 2. The van der Waals surface area contributed by atoms with Crippen LogP contribution in [0.5, 0.6) is 0 Å². The van der Waals surface area contributed by atoms with Crippen LogP contribution in [0.3, 0.4) is 0 Å². The van der Waals surface area contributed by atoms with Crippen molar-refractivity contribution >= 4 is 21.5 Å². The highest BCUT2D eigenvalue weighted by atomic mass is 15.0. The Morgan fingerprint density at radius 1 is 0.446 bits per heavy atom. The second-order valence-corrected chi connectivity index (χ2v) is 16.7. The van der Waals surface area contributed by atoms with Crippen LogP contribution in [-0.4, -0.2) is 15.0 Å². The minimum Gasteiger partial charge on any atom is -0.208 e. The molecule has 4 nitrogen and oxygen atoms in total. The van der Waals surface area contributed by atoms with Gasteiger partial charge in [0.25, 0.3) is 0 Å². The van der Waals surface area contributed by atoms with Crippen LogP contribution < -0.4 is 0 Å². The van der Waals surface area contributed by atoms with E-state index < -0.39 is 0 Å². The molecular weight excluding hydrogens is 681 g/mol. The zero-order chi connectivity index (χ0) is 37.3. The summed E-state index contributed by atoms with van der Waals surface area (Å²) in [4.78, 5) is 15.6. The molecule has 1 heterocycles. The predicted molar refractivity (Wildman–Crippen MR) is 226 cm³/mol. The van der Waals surface area contributed by atoms with Gasteiger partial charge in [0.05, 0.1) is 11.6 Å². The first-order valence-corrected chi connectivity index (χ1v) is 20.0. The van der Waals surface area contributed by atoms with E-state index >= 15 is 0 Å². The molecule has 7 aromatic carbocycles. The summed E-state index contributed by atoms with van der Waals surface area (Å²) in [6.45, 7) is 0. The van der Waals surface area contributed by atoms with Gasteiger partial charge in [0.15, 0.2) is 17.5 Å². The molecule has 0 radical (unpaired) electrons. The summed E-state index contributed by atoms with van der Waals surface area (Å²) < 4.78 is 0. The fourth-order valence-corrected chi connectivity index (χ4v) is 11.3. The monoisotopic (exact) mass is 720 g/mol. The Kier molecular flexibility index (Phi) is 7.54. The highest BCUT2D eigenvalue weighted by Crippen LogP contribution is 2.66. The SMILES string of the molecule is N#Cc1ccc(-c2ccc(C34CC5CC(C3)CC(c3ccc(-c6nc(-c7cccc8ccccc78)nc(-c7cccc8ccccc78)n6)cc3)(C5)C4)cc2)cc1. The van der Waals surface area contributed by atoms with Crippen molar-refractivity contribution in [2.75, 3.05) is 0 Å². The van der Waals surface area contributed by atoms with Crippen LogP contribution >= 0.6 is 0 Å². The van der Waals surface area contributed by atoms with E-state index in [1.165, 1.54) is 66.0 Å². The summed E-state index contributed by atoms with van der Waals surface area (Å²) in [6.07, 6.45) is 7.69. The zero-order valence-electron chi connectivity index (χ0n) is 31.2. The van der Waals surface area contributed by atoms with E-state index in [1.54, 1.807) is 0 Å². The highest BCUT2D eigenvalue weighted by Gasteiger charge is 2.58. The molecule has 8 aromatic rings. The van der Waals surface area contributed by atoms with E-state index in [0.29, 0.717) is 23.0 Å². The molecule has 1 aromatic heterocycles. The van der Waals surface area contributed by atoms with Crippen molar-refractivity contribution in [3.63, 3.8) is 0 Å². The van der Waals surface area contributed by atoms with E-state index in [1.807, 2.05) is 12.1 Å². The summed E-state index contributed by atoms with van der Waals surface area (Å²) >= 11 is 0. The summed E-state index contributed by atoms with van der Waals surface area (Å²) in [7, 11) is 0. The van der Waals surface area contributed by atoms with Crippen molar-refractivity contribution in [2.45, 2.75) is 49.4 Å². The molecule has 56 heavy (non-hydrogen) atoms. The van der Waals surface area contributed by atoms with E-state index in [0.717, 1.165) is 44.9 Å². The molecule has 2 atom stereocenters. The Hall–Kier alpha value is -6.44. The Balaban J connectivity index is 0.964. The van der Waals surface area contributed by atoms with E-state index in [4.69, 9.17) is 15.0 Å². The second kappa shape index (κ2) is 12.8. The lowest BCUT2D eigenvalue weighted by molar-refractivity contribution is -0.0281. The van der Waals surface area contributed by atoms with Crippen molar-refractivity contribution in [1.82, 2.24) is 15.0 Å². The molecule has 0 saturated heterocycles. The van der Waals surface area contributed by atoms with Gasteiger partial charge in [0, 0.05) is 16.7 Å². The molecule has 4 aliphatic rings. The first-order chi connectivity index (χ1) is 27.5. The van der Waals surface area contributed by atoms with E-state index in [-0.39, 0.29) is 10.8 Å². The van der Waals surface area contributed by atoms with Gasteiger partial charge in [-0.3, -0.25) is 0 Å². The fraction of sp³-hybridized carbons (Fsp3) is 0.192. The second-order valence-electron chi connectivity index (χ2n) is 16.7. The Labute approximate surface area is 327 Å². The van der Waals surface area contributed by atoms with E-state index in [9.17, 15) is 5.26 Å². The lowest BCUT2D eigenvalue weighted by Crippen LogP contribution is -2.55. The number of hydrogen-bond acceptors (Lipinski definition) is 4. The van der Waals surface area contributed by atoms with Crippen LogP contribution in [0, 0.1) is 23.2 Å². The van der Waals surface area contributed by atoms with Crippen LogP contribution in [0.1, 0.15) is 55.2 Å². The smallest absolute Gasteiger partial charge is 0.164 e. The summed E-state index contributed by atoms with van der Waals surface area (Å²) in [5.41, 5.74) is 9.43. The normalized spacial score (nSPS) is 22.3. The number of rotatable bonds is 6. The quantitative estimate of drug-likeness (QED) is 0.172. The number of nitrogens with zero attached hydrogens (tertiary/aromatic N) is 4. The van der Waals surface area contributed by atoms with Gasteiger partial charge in [-0.25, -0.2) is 15.0 Å². The van der Waals surface area contributed by atoms with Gasteiger partial charge in [-0.05, 0) is 117 Å². The topological polar surface area (TPSA) is 62.5 Å². The van der Waals surface area contributed by atoms with Crippen molar-refractivity contribution in [1.29, 1.82) is 5.26 Å². The third-order valence-corrected chi connectivity index (χ3v) is 13.4. The molecule has 2 unspecified atom stereocenters. The first-order valence-electron chi connectivity index (χ1n) is 20.0. The summed E-state index contributed by atoms with van der Waals surface area (Å²) in [5, 5.41) is 13.8. The zero-order valence-corrected chi connectivity index (χ0v) is 31.2. The average Bonchev–Trinajstić information content (AvgIpc) is 3.25. The molecule has 0 aliphatic heterocycles. The van der Waals surface area contributed by atoms with Crippen LogP contribution in [0.25, 0.3) is 66.8 Å². The molecular formula is C52H40N4. The maximum atomic E-state index is 9.26. The van der Waals surface area contributed by atoms with Gasteiger partial charge in [0.1, 0.15) is 0 Å². The number of hydrogen-bond donors (Lipinski definition) is 0. The molecule has 0 N–H and O–H groups in total. The molecule has 4 aliphatic carbocycles. The molecule has 0 amide bonds. The predicted octanol–water partition coefficient (Wildman–Crippen LogP) is 12.5. The Morgan fingerprint density at radius 2 is 0.875 bits per heavy atom. The lowest BCUT2D eigenvalue weighted by atomic mass is 9.41. The van der Waals surface area contributed by atoms with Gasteiger partial charge >= 0.3 is 0 Å². The van der Waals surface area contributed by atoms with Crippen molar-refractivity contribution in [3.05, 3.63) is 174 Å². The molecule has 268 valence electrons. The number of benzene rings is 7. The fourth-order valence-electron chi connectivity index (χ4n) is 11.3. The van der Waals surface area contributed by atoms with Crippen LogP contribution in [0.15, 0.2) is 158 Å². The Bertz CT molecular complexity index is 2710. The third kappa shape index (κ3) is 5.45. The summed E-state index contributed by atoms with van der Waals surface area (Å²) in [6, 6.07) is 58.5. The maximum Gasteiger partial charge on any atom is 0.164 e. The van der Waals surface area contributed by atoms with Gasteiger partial charge in [-0.2, -0.15) is 5.26 Å². The van der Waals surface area contributed by atoms with E-state index in [2.05, 4.69) is 152 Å².